The summed E-state index contributed by atoms with van der Waals surface area (Å²) in [5.41, 5.74) is 5.75. The number of aromatic nitrogens is 2. The lowest BCUT2D eigenvalue weighted by Crippen LogP contribution is -1.97. The second-order valence-electron chi connectivity index (χ2n) is 8.62. The molecule has 3 heteroatoms. The second kappa shape index (κ2) is 6.92. The van der Waals surface area contributed by atoms with Gasteiger partial charge in [-0.15, -0.1) is 0 Å². The van der Waals surface area contributed by atoms with Crippen molar-refractivity contribution in [2.45, 2.75) is 20.3 Å². The van der Waals surface area contributed by atoms with Crippen molar-refractivity contribution in [1.29, 1.82) is 0 Å². The number of rotatable bonds is 3. The van der Waals surface area contributed by atoms with Crippen molar-refractivity contribution in [1.82, 2.24) is 9.97 Å². The summed E-state index contributed by atoms with van der Waals surface area (Å²) in [6.45, 7) is 4.52. The van der Waals surface area contributed by atoms with Crippen LogP contribution in [0.3, 0.4) is 0 Å². The minimum absolute atomic E-state index is 0.571. The molecule has 0 N–H and O–H groups in total. The van der Waals surface area contributed by atoms with Crippen LogP contribution in [0.25, 0.3) is 54.9 Å². The van der Waals surface area contributed by atoms with Gasteiger partial charge in [0.1, 0.15) is 23.1 Å². The van der Waals surface area contributed by atoms with Gasteiger partial charge in [-0.25, -0.2) is 9.97 Å². The molecule has 0 saturated heterocycles. The molecule has 0 unspecified atom stereocenters. The summed E-state index contributed by atoms with van der Waals surface area (Å²) in [5.74, 6) is 0.571. The van der Waals surface area contributed by atoms with E-state index in [1.807, 2.05) is 12.1 Å². The maximum absolute atomic E-state index is 6.46. The van der Waals surface area contributed by atoms with E-state index in [4.69, 9.17) is 4.42 Å². The topological polar surface area (TPSA) is 38.9 Å². The molecule has 6 aromatic rings. The average Bonchev–Trinajstić information content (AvgIpc) is 3.18. The molecule has 0 spiro atoms. The van der Waals surface area contributed by atoms with Crippen LogP contribution in [0.2, 0.25) is 0 Å². The Labute approximate surface area is 180 Å². The number of nitrogens with zero attached hydrogens (tertiary/aromatic N) is 2. The smallest absolute Gasteiger partial charge is 0.180 e. The van der Waals surface area contributed by atoms with E-state index in [-0.39, 0.29) is 0 Å². The Morgan fingerprint density at radius 2 is 1.52 bits per heavy atom. The number of hydrogen-bond donors (Lipinski definition) is 0. The number of fused-ring (bicyclic) bond motifs is 6. The summed E-state index contributed by atoms with van der Waals surface area (Å²) >= 11 is 0. The van der Waals surface area contributed by atoms with Crippen molar-refractivity contribution in [3.63, 3.8) is 0 Å². The van der Waals surface area contributed by atoms with E-state index in [0.29, 0.717) is 5.92 Å². The second-order valence-corrected chi connectivity index (χ2v) is 8.62. The summed E-state index contributed by atoms with van der Waals surface area (Å²) in [6.07, 6.45) is 2.67. The Balaban J connectivity index is 1.66. The summed E-state index contributed by atoms with van der Waals surface area (Å²) in [5, 5.41) is 5.82. The van der Waals surface area contributed by atoms with Crippen molar-refractivity contribution in [3.05, 3.63) is 84.7 Å². The Morgan fingerprint density at radius 1 is 0.742 bits per heavy atom. The zero-order chi connectivity index (χ0) is 20.9. The van der Waals surface area contributed by atoms with Gasteiger partial charge >= 0.3 is 0 Å². The molecular weight excluding hydrogens is 380 g/mol. The molecule has 0 aliphatic carbocycles. The maximum atomic E-state index is 6.46. The third-order valence-electron chi connectivity index (χ3n) is 5.99. The van der Waals surface area contributed by atoms with Gasteiger partial charge in [-0.2, -0.15) is 0 Å². The summed E-state index contributed by atoms with van der Waals surface area (Å²) in [6, 6.07) is 25.6. The Morgan fingerprint density at radius 3 is 2.35 bits per heavy atom. The van der Waals surface area contributed by atoms with Crippen LogP contribution in [0.1, 0.15) is 19.4 Å². The minimum atomic E-state index is 0.571. The van der Waals surface area contributed by atoms with Crippen LogP contribution in [-0.2, 0) is 6.42 Å². The van der Waals surface area contributed by atoms with Crippen LogP contribution in [-0.4, -0.2) is 9.97 Å². The molecule has 4 aromatic carbocycles. The fourth-order valence-electron chi connectivity index (χ4n) is 4.64. The van der Waals surface area contributed by atoms with Crippen LogP contribution in [0.4, 0.5) is 0 Å². The third-order valence-corrected chi connectivity index (χ3v) is 5.99. The molecule has 150 valence electrons. The number of benzene rings is 4. The van der Waals surface area contributed by atoms with E-state index in [1.165, 1.54) is 16.3 Å². The van der Waals surface area contributed by atoms with Gasteiger partial charge in [-0.05, 0) is 52.3 Å². The standard InChI is InChI=1S/C28H22N2O/c1-17(2)13-20-15-21(14-19-8-4-5-9-22(19)20)25-28-26(30-16-29-25)24-12-11-18-7-3-6-10-23(18)27(24)31-28/h3-12,14-17H,13H2,1-2H3. The van der Waals surface area contributed by atoms with Crippen LogP contribution < -0.4 is 0 Å². The first-order valence-electron chi connectivity index (χ1n) is 10.8. The highest BCUT2D eigenvalue weighted by molar-refractivity contribution is 6.15. The van der Waals surface area contributed by atoms with Crippen LogP contribution in [0.5, 0.6) is 0 Å². The van der Waals surface area contributed by atoms with Gasteiger partial charge in [0.25, 0.3) is 0 Å². The molecule has 0 aliphatic heterocycles. The molecule has 31 heavy (non-hydrogen) atoms. The van der Waals surface area contributed by atoms with Gasteiger partial charge in [-0.1, -0.05) is 68.4 Å². The molecule has 0 aliphatic rings. The lowest BCUT2D eigenvalue weighted by Gasteiger charge is -2.12. The molecule has 6 rings (SSSR count). The van der Waals surface area contributed by atoms with Gasteiger partial charge in [0, 0.05) is 16.3 Å². The van der Waals surface area contributed by atoms with Gasteiger partial charge < -0.3 is 4.42 Å². The fraction of sp³-hybridized carbons (Fsp3) is 0.143. The van der Waals surface area contributed by atoms with Gasteiger partial charge in [0.15, 0.2) is 5.58 Å². The molecule has 3 nitrogen and oxygen atoms in total. The molecule has 0 amide bonds. The monoisotopic (exact) mass is 402 g/mol. The number of hydrogen-bond acceptors (Lipinski definition) is 3. The quantitative estimate of drug-likeness (QED) is 0.307. The van der Waals surface area contributed by atoms with Crippen molar-refractivity contribution in [3.8, 4) is 11.3 Å². The van der Waals surface area contributed by atoms with E-state index in [1.54, 1.807) is 6.33 Å². The maximum Gasteiger partial charge on any atom is 0.180 e. The first kappa shape index (κ1) is 18.1. The van der Waals surface area contributed by atoms with Gasteiger partial charge in [-0.3, -0.25) is 0 Å². The Hall–Kier alpha value is -3.72. The van der Waals surface area contributed by atoms with Crippen LogP contribution in [0.15, 0.2) is 83.5 Å². The van der Waals surface area contributed by atoms with E-state index in [9.17, 15) is 0 Å². The molecular formula is C28H22N2O. The lowest BCUT2D eigenvalue weighted by molar-refractivity contribution is 0.650. The summed E-state index contributed by atoms with van der Waals surface area (Å²) < 4.78 is 6.46. The molecule has 0 atom stereocenters. The largest absolute Gasteiger partial charge is 0.451 e. The van der Waals surface area contributed by atoms with Crippen molar-refractivity contribution in [2.24, 2.45) is 5.92 Å². The molecule has 2 heterocycles. The van der Waals surface area contributed by atoms with E-state index >= 15 is 0 Å². The van der Waals surface area contributed by atoms with E-state index in [2.05, 4.69) is 84.5 Å². The zero-order valence-electron chi connectivity index (χ0n) is 17.6. The van der Waals surface area contributed by atoms with Crippen molar-refractivity contribution < 1.29 is 4.42 Å². The molecule has 0 bridgehead atoms. The molecule has 2 aromatic heterocycles. The Bertz CT molecular complexity index is 1590. The molecule has 0 radical (unpaired) electrons. The number of furan rings is 1. The lowest BCUT2D eigenvalue weighted by atomic mass is 9.93. The third kappa shape index (κ3) is 2.89. The van der Waals surface area contributed by atoms with Crippen LogP contribution in [0, 0.1) is 5.92 Å². The molecule has 0 saturated carbocycles. The highest BCUT2D eigenvalue weighted by Gasteiger charge is 2.17. The highest BCUT2D eigenvalue weighted by atomic mass is 16.3. The first-order valence-corrected chi connectivity index (χ1v) is 10.8. The predicted octanol–water partition coefficient (Wildman–Crippen LogP) is 7.55. The van der Waals surface area contributed by atoms with Gasteiger partial charge in [0.2, 0.25) is 0 Å². The Kier molecular flexibility index (Phi) is 4.03. The minimum Gasteiger partial charge on any atom is -0.451 e. The molecule has 0 fully saturated rings. The van der Waals surface area contributed by atoms with Crippen LogP contribution >= 0.6 is 0 Å². The fourth-order valence-corrected chi connectivity index (χ4v) is 4.64. The average molecular weight is 402 g/mol. The zero-order valence-corrected chi connectivity index (χ0v) is 17.6. The summed E-state index contributed by atoms with van der Waals surface area (Å²) in [4.78, 5) is 9.27. The van der Waals surface area contributed by atoms with Crippen molar-refractivity contribution >= 4 is 43.6 Å². The van der Waals surface area contributed by atoms with E-state index in [0.717, 1.165) is 50.5 Å². The first-order chi connectivity index (χ1) is 15.2. The SMILES string of the molecule is CC(C)Cc1cc(-c2ncnc3c2oc2c4ccccc4ccc32)cc2ccccc12. The predicted molar refractivity (Wildman–Crippen MR) is 128 cm³/mol. The van der Waals surface area contributed by atoms with E-state index < -0.39 is 0 Å². The van der Waals surface area contributed by atoms with Crippen molar-refractivity contribution in [2.75, 3.05) is 0 Å². The normalized spacial score (nSPS) is 12.0. The van der Waals surface area contributed by atoms with Gasteiger partial charge in [0.05, 0.1) is 0 Å². The summed E-state index contributed by atoms with van der Waals surface area (Å²) in [7, 11) is 0. The highest BCUT2D eigenvalue weighted by Crippen LogP contribution is 2.38.